The number of amides is 1. The maximum absolute atomic E-state index is 12.3. The molecule has 1 saturated carbocycles. The minimum absolute atomic E-state index is 0.136. The summed E-state index contributed by atoms with van der Waals surface area (Å²) in [5.41, 5.74) is 1.24. The Labute approximate surface area is 158 Å². The predicted octanol–water partition coefficient (Wildman–Crippen LogP) is 3.43. The minimum atomic E-state index is 0.136. The lowest BCUT2D eigenvalue weighted by Crippen LogP contribution is -2.41. The molecule has 136 valence electrons. The second-order valence-electron chi connectivity index (χ2n) is 7.15. The number of nitrogens with one attached hydrogen (secondary N) is 1. The first kappa shape index (κ1) is 17.3. The number of rotatable bonds is 5. The van der Waals surface area contributed by atoms with Gasteiger partial charge in [0, 0.05) is 42.3 Å². The molecule has 1 N–H and O–H groups in total. The van der Waals surface area contributed by atoms with Crippen LogP contribution in [0.4, 0.5) is 5.82 Å². The Morgan fingerprint density at radius 1 is 1.15 bits per heavy atom. The van der Waals surface area contributed by atoms with E-state index >= 15 is 0 Å². The highest BCUT2D eigenvalue weighted by Gasteiger charge is 2.30. The van der Waals surface area contributed by atoms with Gasteiger partial charge in [0.05, 0.1) is 0 Å². The lowest BCUT2D eigenvalue weighted by atomic mass is 9.96. The highest BCUT2D eigenvalue weighted by molar-refractivity contribution is 7.99. The van der Waals surface area contributed by atoms with E-state index < -0.39 is 0 Å². The van der Waals surface area contributed by atoms with E-state index in [-0.39, 0.29) is 11.8 Å². The average Bonchev–Trinajstić information content (AvgIpc) is 3.46. The molecule has 1 aromatic carbocycles. The quantitative estimate of drug-likeness (QED) is 0.876. The molecule has 26 heavy (non-hydrogen) atoms. The first-order valence-corrected chi connectivity index (χ1v) is 10.1. The zero-order valence-corrected chi connectivity index (χ0v) is 15.8. The number of carbonyl (C=O) groups excluding carboxylic acids is 1. The van der Waals surface area contributed by atoms with E-state index in [0.717, 1.165) is 49.6 Å². The smallest absolute Gasteiger partial charge is 0.223 e. The van der Waals surface area contributed by atoms with Crippen molar-refractivity contribution in [2.75, 3.05) is 18.0 Å². The third-order valence-corrected chi connectivity index (χ3v) is 5.91. The Kier molecular flexibility index (Phi) is 5.11. The number of aromatic nitrogens is 2. The van der Waals surface area contributed by atoms with Crippen LogP contribution in [0.1, 0.15) is 31.2 Å². The van der Waals surface area contributed by atoms with Crippen molar-refractivity contribution in [3.8, 4) is 0 Å². The monoisotopic (exact) mass is 368 g/mol. The molecule has 0 bridgehead atoms. The zero-order chi connectivity index (χ0) is 17.9. The van der Waals surface area contributed by atoms with Crippen molar-refractivity contribution in [1.82, 2.24) is 15.3 Å². The topological polar surface area (TPSA) is 58.1 Å². The lowest BCUT2D eigenvalue weighted by Gasteiger charge is -2.32. The van der Waals surface area contributed by atoms with Gasteiger partial charge >= 0.3 is 0 Å². The largest absolute Gasteiger partial charge is 0.354 e. The predicted molar refractivity (Wildman–Crippen MR) is 103 cm³/mol. The summed E-state index contributed by atoms with van der Waals surface area (Å²) in [5.74, 6) is 1.30. The highest BCUT2D eigenvalue weighted by Crippen LogP contribution is 2.34. The molecule has 2 aliphatic rings. The van der Waals surface area contributed by atoms with Crippen LogP contribution in [-0.4, -0.2) is 35.0 Å². The molecule has 6 heteroatoms. The van der Waals surface area contributed by atoms with Crippen LogP contribution < -0.4 is 10.2 Å². The van der Waals surface area contributed by atoms with Gasteiger partial charge in [-0.25, -0.2) is 9.97 Å². The van der Waals surface area contributed by atoms with Gasteiger partial charge in [0.25, 0.3) is 0 Å². The number of benzene rings is 1. The standard InChI is InChI=1S/C20H24N4OS/c1-14-3-2-4-17(13-14)26-20-18(21-9-10-22-20)24-11-7-15(8-12-24)19(25)23-16-5-6-16/h2-4,9-10,13,15-16H,5-8,11-12H2,1H3,(H,23,25). The molecule has 1 aliphatic heterocycles. The molecule has 2 aromatic rings. The molecule has 2 fully saturated rings. The fourth-order valence-corrected chi connectivity index (χ4v) is 4.30. The van der Waals surface area contributed by atoms with Crippen molar-refractivity contribution >= 4 is 23.5 Å². The molecule has 0 unspecified atom stereocenters. The van der Waals surface area contributed by atoms with Crippen molar-refractivity contribution in [2.24, 2.45) is 5.92 Å². The molecule has 0 radical (unpaired) electrons. The van der Waals surface area contributed by atoms with Crippen molar-refractivity contribution < 1.29 is 4.79 Å². The van der Waals surface area contributed by atoms with Gasteiger partial charge in [0.1, 0.15) is 5.03 Å². The van der Waals surface area contributed by atoms with E-state index in [1.54, 1.807) is 24.2 Å². The number of carbonyl (C=O) groups is 1. The van der Waals surface area contributed by atoms with Crippen LogP contribution in [0.3, 0.4) is 0 Å². The number of piperidine rings is 1. The Balaban J connectivity index is 1.42. The molecule has 5 nitrogen and oxygen atoms in total. The fraction of sp³-hybridized carbons (Fsp3) is 0.450. The van der Waals surface area contributed by atoms with E-state index in [1.165, 1.54) is 10.5 Å². The third kappa shape index (κ3) is 4.18. The van der Waals surface area contributed by atoms with Gasteiger partial charge in [0.15, 0.2) is 5.82 Å². The summed E-state index contributed by atoms with van der Waals surface area (Å²) in [6.45, 7) is 3.80. The summed E-state index contributed by atoms with van der Waals surface area (Å²) in [4.78, 5) is 24.9. The number of nitrogens with zero attached hydrogens (tertiary/aromatic N) is 3. The second-order valence-corrected chi connectivity index (χ2v) is 8.21. The summed E-state index contributed by atoms with van der Waals surface area (Å²) in [6.07, 6.45) is 7.54. The van der Waals surface area contributed by atoms with Gasteiger partial charge in [0.2, 0.25) is 5.91 Å². The number of hydrogen-bond donors (Lipinski definition) is 1. The summed E-state index contributed by atoms with van der Waals surface area (Å²) in [5, 5.41) is 4.07. The number of aryl methyl sites for hydroxylation is 1. The van der Waals surface area contributed by atoms with Gasteiger partial charge < -0.3 is 10.2 Å². The average molecular weight is 369 g/mol. The van der Waals surface area contributed by atoms with Crippen LogP contribution in [0.2, 0.25) is 0 Å². The van der Waals surface area contributed by atoms with E-state index in [0.29, 0.717) is 6.04 Å². The van der Waals surface area contributed by atoms with Gasteiger partial charge in [-0.1, -0.05) is 29.5 Å². The van der Waals surface area contributed by atoms with Gasteiger partial charge in [-0.2, -0.15) is 0 Å². The van der Waals surface area contributed by atoms with Gasteiger partial charge in [-0.3, -0.25) is 4.79 Å². The molecule has 4 rings (SSSR count). The van der Waals surface area contributed by atoms with Crippen LogP contribution in [-0.2, 0) is 4.79 Å². The summed E-state index contributed by atoms with van der Waals surface area (Å²) < 4.78 is 0. The summed E-state index contributed by atoms with van der Waals surface area (Å²) >= 11 is 1.65. The fourth-order valence-electron chi connectivity index (χ4n) is 3.30. The number of anilines is 1. The Morgan fingerprint density at radius 2 is 1.92 bits per heavy atom. The van der Waals surface area contributed by atoms with E-state index in [4.69, 9.17) is 0 Å². The van der Waals surface area contributed by atoms with Crippen molar-refractivity contribution in [1.29, 1.82) is 0 Å². The van der Waals surface area contributed by atoms with Crippen LogP contribution in [0.5, 0.6) is 0 Å². The van der Waals surface area contributed by atoms with Crippen LogP contribution >= 0.6 is 11.8 Å². The molecular formula is C20H24N4OS. The first-order valence-electron chi connectivity index (χ1n) is 9.30. The van der Waals surface area contributed by atoms with Crippen molar-refractivity contribution in [2.45, 2.75) is 48.6 Å². The second kappa shape index (κ2) is 7.66. The lowest BCUT2D eigenvalue weighted by molar-refractivity contribution is -0.125. The molecule has 0 atom stereocenters. The number of hydrogen-bond acceptors (Lipinski definition) is 5. The van der Waals surface area contributed by atoms with Crippen LogP contribution in [0.15, 0.2) is 46.6 Å². The van der Waals surface area contributed by atoms with Crippen LogP contribution in [0, 0.1) is 12.8 Å². The molecule has 1 amide bonds. The summed E-state index contributed by atoms with van der Waals surface area (Å²) in [6, 6.07) is 8.87. The molecule has 1 saturated heterocycles. The maximum atomic E-state index is 12.3. The highest BCUT2D eigenvalue weighted by atomic mass is 32.2. The molecule has 0 spiro atoms. The van der Waals surface area contributed by atoms with Gasteiger partial charge in [-0.15, -0.1) is 0 Å². The Hall–Kier alpha value is -2.08. The summed E-state index contributed by atoms with van der Waals surface area (Å²) in [7, 11) is 0. The van der Waals surface area contributed by atoms with Gasteiger partial charge in [-0.05, 0) is 44.7 Å². The normalized spacial score (nSPS) is 18.0. The minimum Gasteiger partial charge on any atom is -0.354 e. The SMILES string of the molecule is Cc1cccc(Sc2nccnc2N2CCC(C(=O)NC3CC3)CC2)c1. The maximum Gasteiger partial charge on any atom is 0.223 e. The van der Waals surface area contributed by atoms with Crippen molar-refractivity contribution in [3.05, 3.63) is 42.2 Å². The molecular weight excluding hydrogens is 344 g/mol. The Morgan fingerprint density at radius 3 is 2.65 bits per heavy atom. The van der Waals surface area contributed by atoms with E-state index in [9.17, 15) is 4.79 Å². The van der Waals surface area contributed by atoms with Crippen LogP contribution in [0.25, 0.3) is 0 Å². The van der Waals surface area contributed by atoms with E-state index in [2.05, 4.69) is 51.4 Å². The molecule has 1 aliphatic carbocycles. The first-order chi connectivity index (χ1) is 12.7. The third-order valence-electron chi connectivity index (χ3n) is 4.94. The molecule has 1 aromatic heterocycles. The van der Waals surface area contributed by atoms with E-state index in [1.807, 2.05) is 0 Å². The molecule has 2 heterocycles. The Bertz CT molecular complexity index is 785. The zero-order valence-electron chi connectivity index (χ0n) is 15.0. The van der Waals surface area contributed by atoms with Crippen molar-refractivity contribution in [3.63, 3.8) is 0 Å².